The number of aryl methyl sites for hydroxylation is 1. The summed E-state index contributed by atoms with van der Waals surface area (Å²) in [6, 6.07) is 1.18. The van der Waals surface area contributed by atoms with Crippen LogP contribution >= 0.6 is 0 Å². The van der Waals surface area contributed by atoms with Crippen LogP contribution in [-0.4, -0.2) is 11.1 Å². The molecular formula is C14H16F4O2. The number of rotatable bonds is 5. The lowest BCUT2D eigenvalue weighted by atomic mass is 9.81. The van der Waals surface area contributed by atoms with Crippen LogP contribution in [0.2, 0.25) is 0 Å². The van der Waals surface area contributed by atoms with Crippen molar-refractivity contribution in [3.05, 3.63) is 34.9 Å². The summed E-state index contributed by atoms with van der Waals surface area (Å²) in [6.45, 7) is 3.96. The summed E-state index contributed by atoms with van der Waals surface area (Å²) in [5.74, 6) is -6.98. The first-order chi connectivity index (χ1) is 8.94. The average Bonchev–Trinajstić information content (AvgIpc) is 2.19. The summed E-state index contributed by atoms with van der Waals surface area (Å²) in [6.07, 6.45) is -1.37. The first-order valence-electron chi connectivity index (χ1n) is 6.00. The average molecular weight is 292 g/mol. The largest absolute Gasteiger partial charge is 0.481 e. The molecule has 0 amide bonds. The fourth-order valence-electron chi connectivity index (χ4n) is 2.09. The van der Waals surface area contributed by atoms with Crippen molar-refractivity contribution < 1.29 is 27.5 Å². The smallest absolute Gasteiger partial charge is 0.303 e. The van der Waals surface area contributed by atoms with Crippen LogP contribution in [0.15, 0.2) is 12.1 Å². The summed E-state index contributed by atoms with van der Waals surface area (Å²) in [5, 5.41) is 8.67. The fraction of sp³-hybridized carbons (Fsp3) is 0.500. The second-order valence-electron chi connectivity index (χ2n) is 5.70. The van der Waals surface area contributed by atoms with E-state index in [0.29, 0.717) is 12.1 Å². The second-order valence-corrected chi connectivity index (χ2v) is 5.70. The van der Waals surface area contributed by atoms with Gasteiger partial charge < -0.3 is 5.11 Å². The molecule has 0 aliphatic heterocycles. The highest BCUT2D eigenvalue weighted by Crippen LogP contribution is 2.42. The molecule has 1 aromatic rings. The Morgan fingerprint density at radius 1 is 1.20 bits per heavy atom. The van der Waals surface area contributed by atoms with Gasteiger partial charge in [-0.1, -0.05) is 13.8 Å². The molecule has 0 radical (unpaired) electrons. The maximum atomic E-state index is 14.1. The quantitative estimate of drug-likeness (QED) is 0.823. The Morgan fingerprint density at radius 3 is 2.25 bits per heavy atom. The maximum Gasteiger partial charge on any atom is 0.303 e. The molecule has 0 aliphatic rings. The highest BCUT2D eigenvalue weighted by molar-refractivity contribution is 5.67. The Kier molecular flexibility index (Phi) is 4.46. The van der Waals surface area contributed by atoms with Crippen molar-refractivity contribution in [2.45, 2.75) is 39.5 Å². The number of benzene rings is 1. The molecule has 0 aliphatic carbocycles. The lowest BCUT2D eigenvalue weighted by molar-refractivity contribution is -0.140. The van der Waals surface area contributed by atoms with Gasteiger partial charge in [-0.25, -0.2) is 17.6 Å². The molecule has 0 saturated heterocycles. The molecule has 6 heteroatoms. The third-order valence-electron chi connectivity index (χ3n) is 2.97. The van der Waals surface area contributed by atoms with Gasteiger partial charge in [-0.2, -0.15) is 0 Å². The molecule has 0 fully saturated rings. The number of hydrogen-bond acceptors (Lipinski definition) is 1. The van der Waals surface area contributed by atoms with E-state index >= 15 is 0 Å². The van der Waals surface area contributed by atoms with Crippen molar-refractivity contribution >= 4 is 5.97 Å². The van der Waals surface area contributed by atoms with Crippen molar-refractivity contribution in [3.8, 4) is 0 Å². The van der Waals surface area contributed by atoms with Gasteiger partial charge in [-0.05, 0) is 30.0 Å². The predicted molar refractivity (Wildman–Crippen MR) is 65.6 cm³/mol. The van der Waals surface area contributed by atoms with Crippen LogP contribution in [0.25, 0.3) is 0 Å². The minimum atomic E-state index is -3.64. The normalized spacial score (nSPS) is 12.6. The Hall–Kier alpha value is -1.59. The van der Waals surface area contributed by atoms with Crippen molar-refractivity contribution in [2.75, 3.05) is 0 Å². The van der Waals surface area contributed by atoms with Gasteiger partial charge in [0.05, 0.1) is 12.0 Å². The number of halogens is 4. The Balaban J connectivity index is 3.11. The number of alkyl halides is 2. The molecule has 0 saturated carbocycles. The van der Waals surface area contributed by atoms with Gasteiger partial charge in [0.25, 0.3) is 5.92 Å². The molecule has 20 heavy (non-hydrogen) atoms. The van der Waals surface area contributed by atoms with Gasteiger partial charge in [-0.3, -0.25) is 4.79 Å². The zero-order chi connectivity index (χ0) is 15.7. The Bertz CT molecular complexity index is 524. The molecule has 2 nitrogen and oxygen atoms in total. The lowest BCUT2D eigenvalue weighted by Gasteiger charge is -2.28. The number of hydrogen-bond donors (Lipinski definition) is 1. The Labute approximate surface area is 114 Å². The van der Waals surface area contributed by atoms with Crippen molar-refractivity contribution in [1.29, 1.82) is 0 Å². The highest BCUT2D eigenvalue weighted by Gasteiger charge is 2.41. The van der Waals surface area contributed by atoms with Crippen LogP contribution in [0.4, 0.5) is 17.6 Å². The topological polar surface area (TPSA) is 37.3 Å². The fourth-order valence-corrected chi connectivity index (χ4v) is 2.09. The summed E-state index contributed by atoms with van der Waals surface area (Å²) in [5.41, 5.74) is -2.35. The molecule has 1 rings (SSSR count). The van der Waals surface area contributed by atoms with E-state index in [0.717, 1.165) is 0 Å². The van der Waals surface area contributed by atoms with Gasteiger partial charge in [0.2, 0.25) is 0 Å². The minimum Gasteiger partial charge on any atom is -0.481 e. The third-order valence-corrected chi connectivity index (χ3v) is 2.97. The first-order valence-corrected chi connectivity index (χ1v) is 6.00. The van der Waals surface area contributed by atoms with E-state index in [-0.39, 0.29) is 5.56 Å². The number of carboxylic acid groups (broad SMARTS) is 1. The summed E-state index contributed by atoms with van der Waals surface area (Å²) >= 11 is 0. The molecule has 0 heterocycles. The zero-order valence-electron chi connectivity index (χ0n) is 11.4. The van der Waals surface area contributed by atoms with Crippen molar-refractivity contribution in [1.82, 2.24) is 0 Å². The van der Waals surface area contributed by atoms with Crippen LogP contribution in [0.5, 0.6) is 0 Å². The van der Waals surface area contributed by atoms with Crippen LogP contribution in [0.3, 0.4) is 0 Å². The van der Waals surface area contributed by atoms with E-state index in [1.54, 1.807) is 0 Å². The SMILES string of the molecule is Cc1cc(F)c(C(F)(F)CC(C)(C)CC(=O)O)cc1F. The van der Waals surface area contributed by atoms with E-state index < -0.39 is 47.3 Å². The molecule has 1 aromatic carbocycles. The summed E-state index contributed by atoms with van der Waals surface area (Å²) in [4.78, 5) is 10.6. The molecule has 0 aromatic heterocycles. The van der Waals surface area contributed by atoms with Crippen molar-refractivity contribution in [3.63, 3.8) is 0 Å². The van der Waals surface area contributed by atoms with Gasteiger partial charge in [0.1, 0.15) is 11.6 Å². The van der Waals surface area contributed by atoms with Gasteiger partial charge in [0.15, 0.2) is 0 Å². The Morgan fingerprint density at radius 2 is 1.75 bits per heavy atom. The lowest BCUT2D eigenvalue weighted by Crippen LogP contribution is -2.27. The van der Waals surface area contributed by atoms with Gasteiger partial charge in [0, 0.05) is 6.42 Å². The molecule has 0 bridgehead atoms. The summed E-state index contributed by atoms with van der Waals surface area (Å²) < 4.78 is 55.1. The molecule has 112 valence electrons. The number of carboxylic acids is 1. The first kappa shape index (κ1) is 16.5. The monoisotopic (exact) mass is 292 g/mol. The van der Waals surface area contributed by atoms with E-state index in [1.165, 1.54) is 20.8 Å². The summed E-state index contributed by atoms with van der Waals surface area (Å²) in [7, 11) is 0. The molecule has 1 N–H and O–H groups in total. The molecule has 0 atom stereocenters. The molecular weight excluding hydrogens is 276 g/mol. The maximum absolute atomic E-state index is 14.1. The van der Waals surface area contributed by atoms with E-state index in [2.05, 4.69) is 0 Å². The van der Waals surface area contributed by atoms with Crippen LogP contribution in [-0.2, 0) is 10.7 Å². The number of aliphatic carboxylic acids is 1. The van der Waals surface area contributed by atoms with Crippen LogP contribution < -0.4 is 0 Å². The van der Waals surface area contributed by atoms with Crippen LogP contribution in [0, 0.1) is 24.0 Å². The number of carbonyl (C=O) groups is 1. The standard InChI is InChI=1S/C14H16F4O2/c1-8-4-11(16)9(5-10(8)15)14(17,18)7-13(2,3)6-12(19)20/h4-5H,6-7H2,1-3H3,(H,19,20). The second kappa shape index (κ2) is 5.42. The highest BCUT2D eigenvalue weighted by atomic mass is 19.3. The molecule has 0 unspecified atom stereocenters. The van der Waals surface area contributed by atoms with E-state index in [4.69, 9.17) is 5.11 Å². The van der Waals surface area contributed by atoms with Gasteiger partial charge in [-0.15, -0.1) is 0 Å². The van der Waals surface area contributed by atoms with Crippen LogP contribution in [0.1, 0.15) is 37.8 Å². The van der Waals surface area contributed by atoms with E-state index in [1.807, 2.05) is 0 Å². The van der Waals surface area contributed by atoms with Crippen molar-refractivity contribution in [2.24, 2.45) is 5.41 Å². The third kappa shape index (κ3) is 3.95. The van der Waals surface area contributed by atoms with Gasteiger partial charge >= 0.3 is 5.97 Å². The predicted octanol–water partition coefficient (Wildman–Crippen LogP) is 4.26. The van der Waals surface area contributed by atoms with E-state index in [9.17, 15) is 22.4 Å². The minimum absolute atomic E-state index is 0.0631. The molecule has 0 spiro atoms. The zero-order valence-corrected chi connectivity index (χ0v) is 11.4.